The summed E-state index contributed by atoms with van der Waals surface area (Å²) in [6, 6.07) is 15.9. The monoisotopic (exact) mass is 343 g/mol. The van der Waals surface area contributed by atoms with Crippen LogP contribution in [0.4, 0.5) is 0 Å². The molecular weight excluding hydrogens is 318 g/mol. The van der Waals surface area contributed by atoms with Gasteiger partial charge < -0.3 is 10.1 Å². The first kappa shape index (κ1) is 18.6. The molecule has 0 aromatic heterocycles. The first-order valence-corrected chi connectivity index (χ1v) is 9.54. The van der Waals surface area contributed by atoms with E-state index in [4.69, 9.17) is 4.74 Å². The Morgan fingerprint density at radius 2 is 1.88 bits per heavy atom. The Balaban J connectivity index is 2.00. The van der Waals surface area contributed by atoms with Gasteiger partial charge >= 0.3 is 0 Å². The molecule has 0 aliphatic heterocycles. The van der Waals surface area contributed by atoms with Crippen LogP contribution in [-0.2, 0) is 23.6 Å². The Hall–Kier alpha value is -1.78. The van der Waals surface area contributed by atoms with Crippen LogP contribution in [0.1, 0.15) is 40.9 Å². The first-order valence-electron chi connectivity index (χ1n) is 8.14. The van der Waals surface area contributed by atoms with Gasteiger partial charge in [-0.2, -0.15) is 11.8 Å². The Kier molecular flexibility index (Phi) is 7.35. The zero-order valence-corrected chi connectivity index (χ0v) is 15.4. The molecule has 0 bridgehead atoms. The number of thioether (sulfide) groups is 1. The molecule has 1 N–H and O–H groups in total. The summed E-state index contributed by atoms with van der Waals surface area (Å²) in [6.07, 6.45) is 2.25. The number of rotatable bonds is 8. The number of nitrogens with one attached hydrogen (secondary N) is 1. The van der Waals surface area contributed by atoms with Crippen molar-refractivity contribution in [1.82, 2.24) is 5.32 Å². The highest BCUT2D eigenvalue weighted by Crippen LogP contribution is 2.13. The molecule has 1 amide bonds. The Morgan fingerprint density at radius 3 is 2.58 bits per heavy atom. The van der Waals surface area contributed by atoms with Crippen molar-refractivity contribution in [2.24, 2.45) is 0 Å². The number of benzene rings is 2. The van der Waals surface area contributed by atoms with Crippen LogP contribution in [0.15, 0.2) is 48.5 Å². The first-order chi connectivity index (χ1) is 11.6. The zero-order valence-electron chi connectivity index (χ0n) is 14.5. The van der Waals surface area contributed by atoms with Gasteiger partial charge in [-0.25, -0.2) is 0 Å². The van der Waals surface area contributed by atoms with Crippen LogP contribution in [0, 0.1) is 0 Å². The minimum absolute atomic E-state index is 0.0439. The molecular formula is C20H25NO2S. The molecule has 0 spiro atoms. The molecule has 0 saturated heterocycles. The second-order valence-electron chi connectivity index (χ2n) is 5.94. The van der Waals surface area contributed by atoms with E-state index in [2.05, 4.69) is 11.6 Å². The van der Waals surface area contributed by atoms with Crippen LogP contribution in [-0.4, -0.2) is 18.3 Å². The van der Waals surface area contributed by atoms with E-state index in [1.54, 1.807) is 11.8 Å². The molecule has 0 aliphatic rings. The van der Waals surface area contributed by atoms with Crippen molar-refractivity contribution in [1.29, 1.82) is 0 Å². The standard InChI is InChI=1S/C20H25NO2S/c1-15(2)23-13-19-9-5-4-8-18(19)12-21-20(22)17-10-6-7-16(11-17)14-24-3/h4-11,15H,12-14H2,1-3H3,(H,21,22). The number of ether oxygens (including phenoxy) is 1. The summed E-state index contributed by atoms with van der Waals surface area (Å²) in [5.74, 6) is 0.869. The highest BCUT2D eigenvalue weighted by molar-refractivity contribution is 7.97. The maximum atomic E-state index is 12.4. The average Bonchev–Trinajstić information content (AvgIpc) is 2.59. The fraction of sp³-hybridized carbons (Fsp3) is 0.350. The van der Waals surface area contributed by atoms with Crippen molar-refractivity contribution < 1.29 is 9.53 Å². The van der Waals surface area contributed by atoms with E-state index in [1.165, 1.54) is 5.56 Å². The van der Waals surface area contributed by atoms with E-state index in [9.17, 15) is 4.79 Å². The summed E-state index contributed by atoms with van der Waals surface area (Å²) in [5, 5.41) is 3.01. The molecule has 0 atom stereocenters. The number of hydrogen-bond acceptors (Lipinski definition) is 3. The van der Waals surface area contributed by atoms with Crippen LogP contribution in [0.2, 0.25) is 0 Å². The minimum atomic E-state index is -0.0439. The van der Waals surface area contributed by atoms with E-state index in [1.807, 2.05) is 62.4 Å². The topological polar surface area (TPSA) is 38.3 Å². The highest BCUT2D eigenvalue weighted by atomic mass is 32.2. The number of amides is 1. The van der Waals surface area contributed by atoms with Gasteiger partial charge in [0.2, 0.25) is 0 Å². The van der Waals surface area contributed by atoms with Gasteiger partial charge in [0, 0.05) is 17.9 Å². The molecule has 2 aromatic rings. The lowest BCUT2D eigenvalue weighted by Crippen LogP contribution is -2.23. The molecule has 0 unspecified atom stereocenters. The second kappa shape index (κ2) is 9.50. The third-order valence-electron chi connectivity index (χ3n) is 3.63. The highest BCUT2D eigenvalue weighted by Gasteiger charge is 2.08. The van der Waals surface area contributed by atoms with Gasteiger partial charge in [0.05, 0.1) is 12.7 Å². The molecule has 2 rings (SSSR count). The summed E-state index contributed by atoms with van der Waals surface area (Å²) in [4.78, 5) is 12.4. The predicted octanol–water partition coefficient (Wildman–Crippen LogP) is 4.40. The maximum Gasteiger partial charge on any atom is 0.251 e. The Labute approximate surface area is 148 Å². The molecule has 2 aromatic carbocycles. The van der Waals surface area contributed by atoms with Gasteiger partial charge in [0.15, 0.2) is 0 Å². The molecule has 0 heterocycles. The average molecular weight is 343 g/mol. The fourth-order valence-corrected chi connectivity index (χ4v) is 2.89. The zero-order chi connectivity index (χ0) is 17.4. The van der Waals surface area contributed by atoms with E-state index in [0.717, 1.165) is 16.9 Å². The molecule has 0 aliphatic carbocycles. The maximum absolute atomic E-state index is 12.4. The van der Waals surface area contributed by atoms with Gasteiger partial charge in [-0.1, -0.05) is 36.4 Å². The molecule has 0 fully saturated rings. The Morgan fingerprint density at radius 1 is 1.12 bits per heavy atom. The van der Waals surface area contributed by atoms with Gasteiger partial charge in [-0.05, 0) is 48.9 Å². The third kappa shape index (κ3) is 5.69. The van der Waals surface area contributed by atoms with Crippen molar-refractivity contribution in [2.75, 3.05) is 6.26 Å². The van der Waals surface area contributed by atoms with E-state index >= 15 is 0 Å². The molecule has 0 radical (unpaired) electrons. The SMILES string of the molecule is CSCc1cccc(C(=O)NCc2ccccc2COC(C)C)c1. The lowest BCUT2D eigenvalue weighted by Gasteiger charge is -2.13. The van der Waals surface area contributed by atoms with Crippen molar-refractivity contribution in [2.45, 2.75) is 38.9 Å². The summed E-state index contributed by atoms with van der Waals surface area (Å²) < 4.78 is 5.69. The van der Waals surface area contributed by atoms with Crippen molar-refractivity contribution in [3.05, 3.63) is 70.8 Å². The summed E-state index contributed by atoms with van der Waals surface area (Å²) in [6.45, 7) is 5.11. The molecule has 4 heteroatoms. The van der Waals surface area contributed by atoms with Crippen molar-refractivity contribution in [3.63, 3.8) is 0 Å². The molecule has 128 valence electrons. The normalized spacial score (nSPS) is 10.8. The predicted molar refractivity (Wildman–Crippen MR) is 101 cm³/mol. The van der Waals surface area contributed by atoms with Crippen LogP contribution in [0.3, 0.4) is 0 Å². The Bertz CT molecular complexity index is 670. The summed E-state index contributed by atoms with van der Waals surface area (Å²) in [5.41, 5.74) is 4.08. The number of carbonyl (C=O) groups is 1. The van der Waals surface area contributed by atoms with Gasteiger partial charge in [0.25, 0.3) is 5.91 Å². The van der Waals surface area contributed by atoms with E-state index < -0.39 is 0 Å². The molecule has 0 saturated carbocycles. The summed E-state index contributed by atoms with van der Waals surface area (Å²) >= 11 is 1.75. The van der Waals surface area contributed by atoms with Crippen LogP contribution in [0.25, 0.3) is 0 Å². The number of carbonyl (C=O) groups excluding carboxylic acids is 1. The minimum Gasteiger partial charge on any atom is -0.374 e. The van der Waals surface area contributed by atoms with Gasteiger partial charge in [0.1, 0.15) is 0 Å². The second-order valence-corrected chi connectivity index (χ2v) is 6.81. The van der Waals surface area contributed by atoms with Crippen LogP contribution < -0.4 is 5.32 Å². The lowest BCUT2D eigenvalue weighted by atomic mass is 10.1. The smallest absolute Gasteiger partial charge is 0.251 e. The summed E-state index contributed by atoms with van der Waals surface area (Å²) in [7, 11) is 0. The van der Waals surface area contributed by atoms with Gasteiger partial charge in [-0.15, -0.1) is 0 Å². The largest absolute Gasteiger partial charge is 0.374 e. The van der Waals surface area contributed by atoms with Crippen molar-refractivity contribution >= 4 is 17.7 Å². The third-order valence-corrected chi connectivity index (χ3v) is 4.25. The quantitative estimate of drug-likeness (QED) is 0.772. The number of hydrogen-bond donors (Lipinski definition) is 1. The van der Waals surface area contributed by atoms with E-state index in [-0.39, 0.29) is 12.0 Å². The molecule has 24 heavy (non-hydrogen) atoms. The van der Waals surface area contributed by atoms with Crippen molar-refractivity contribution in [3.8, 4) is 0 Å². The van der Waals surface area contributed by atoms with Crippen LogP contribution >= 0.6 is 11.8 Å². The van der Waals surface area contributed by atoms with Crippen LogP contribution in [0.5, 0.6) is 0 Å². The van der Waals surface area contributed by atoms with Gasteiger partial charge in [-0.3, -0.25) is 4.79 Å². The lowest BCUT2D eigenvalue weighted by molar-refractivity contribution is 0.0651. The molecule has 3 nitrogen and oxygen atoms in total. The van der Waals surface area contributed by atoms with E-state index in [0.29, 0.717) is 18.7 Å². The fourth-order valence-electron chi connectivity index (χ4n) is 2.37.